The number of aromatic nitrogens is 1. The summed E-state index contributed by atoms with van der Waals surface area (Å²) in [6.45, 7) is 9.56. The molecule has 1 aliphatic rings. The first kappa shape index (κ1) is 10.7. The molecule has 0 amide bonds. The Hall–Kier alpha value is -0.830. The highest BCUT2D eigenvalue weighted by Gasteiger charge is 2.36. The lowest BCUT2D eigenvalue weighted by Gasteiger charge is -2.13. The van der Waals surface area contributed by atoms with Crippen molar-refractivity contribution in [2.75, 3.05) is 0 Å². The van der Waals surface area contributed by atoms with Gasteiger partial charge in [-0.2, -0.15) is 0 Å². The van der Waals surface area contributed by atoms with Crippen molar-refractivity contribution >= 4 is 0 Å². The molecule has 1 aliphatic carbocycles. The predicted molar refractivity (Wildman–Crippen MR) is 59.8 cm³/mol. The second-order valence-electron chi connectivity index (χ2n) is 5.36. The summed E-state index contributed by atoms with van der Waals surface area (Å²) in [7, 11) is 0. The Morgan fingerprint density at radius 1 is 1.47 bits per heavy atom. The maximum atomic E-state index is 5.46. The van der Waals surface area contributed by atoms with Gasteiger partial charge in [-0.25, -0.2) is 0 Å². The molecule has 0 aliphatic heterocycles. The normalized spacial score (nSPS) is 18.5. The second-order valence-corrected chi connectivity index (χ2v) is 5.36. The molecule has 3 nitrogen and oxygen atoms in total. The van der Waals surface area contributed by atoms with Crippen LogP contribution in [0.1, 0.15) is 51.1 Å². The van der Waals surface area contributed by atoms with Crippen molar-refractivity contribution in [1.82, 2.24) is 10.5 Å². The third-order valence-electron chi connectivity index (χ3n) is 3.16. The molecule has 84 valence electrons. The summed E-state index contributed by atoms with van der Waals surface area (Å²) >= 11 is 0. The number of hydrogen-bond acceptors (Lipinski definition) is 3. The lowest BCUT2D eigenvalue weighted by Crippen LogP contribution is -2.22. The van der Waals surface area contributed by atoms with E-state index in [-0.39, 0.29) is 5.41 Å². The van der Waals surface area contributed by atoms with Gasteiger partial charge in [-0.15, -0.1) is 0 Å². The fourth-order valence-corrected chi connectivity index (χ4v) is 2.12. The highest BCUT2D eigenvalue weighted by atomic mass is 16.5. The Kier molecular flexibility index (Phi) is 2.59. The molecule has 0 unspecified atom stereocenters. The number of nitrogens with zero attached hydrogens (tertiary/aromatic N) is 1. The summed E-state index contributed by atoms with van der Waals surface area (Å²) < 4.78 is 5.46. The molecule has 0 saturated heterocycles. The van der Waals surface area contributed by atoms with E-state index in [9.17, 15) is 0 Å². The van der Waals surface area contributed by atoms with E-state index < -0.39 is 0 Å². The third-order valence-corrected chi connectivity index (χ3v) is 3.16. The van der Waals surface area contributed by atoms with Crippen molar-refractivity contribution in [2.45, 2.75) is 58.5 Å². The van der Waals surface area contributed by atoms with E-state index in [1.54, 1.807) is 0 Å². The Labute approximate surface area is 91.2 Å². The van der Waals surface area contributed by atoms with E-state index in [0.29, 0.717) is 6.04 Å². The minimum atomic E-state index is 0.179. The zero-order chi connectivity index (χ0) is 11.1. The van der Waals surface area contributed by atoms with Crippen LogP contribution in [0.15, 0.2) is 4.52 Å². The second kappa shape index (κ2) is 3.63. The minimum absolute atomic E-state index is 0.179. The highest BCUT2D eigenvalue weighted by molar-refractivity contribution is 5.33. The SMILES string of the molecule is CC(C)NCc1noc2c1CCC2(C)C. The topological polar surface area (TPSA) is 38.1 Å². The Bertz CT molecular complexity index is 353. The van der Waals surface area contributed by atoms with Gasteiger partial charge in [-0.3, -0.25) is 0 Å². The van der Waals surface area contributed by atoms with Crippen LogP contribution in [0.4, 0.5) is 0 Å². The van der Waals surface area contributed by atoms with Gasteiger partial charge >= 0.3 is 0 Å². The highest BCUT2D eigenvalue weighted by Crippen LogP contribution is 2.39. The van der Waals surface area contributed by atoms with Crippen molar-refractivity contribution in [3.05, 3.63) is 17.0 Å². The number of hydrogen-bond donors (Lipinski definition) is 1. The average molecular weight is 208 g/mol. The van der Waals surface area contributed by atoms with Gasteiger partial charge in [0.2, 0.25) is 0 Å². The lowest BCUT2D eigenvalue weighted by atomic mass is 9.92. The molecule has 0 fully saturated rings. The molecule has 0 bridgehead atoms. The third kappa shape index (κ3) is 1.93. The van der Waals surface area contributed by atoms with Crippen molar-refractivity contribution in [2.24, 2.45) is 0 Å². The molecule has 0 atom stereocenters. The van der Waals surface area contributed by atoms with Gasteiger partial charge in [0.1, 0.15) is 11.5 Å². The standard InChI is InChI=1S/C12H20N2O/c1-8(2)13-7-10-9-5-6-12(3,4)11(9)15-14-10/h8,13H,5-7H2,1-4H3. The predicted octanol–water partition coefficient (Wildman–Crippen LogP) is 2.40. The summed E-state index contributed by atoms with van der Waals surface area (Å²) in [6, 6.07) is 0.492. The van der Waals surface area contributed by atoms with Crippen molar-refractivity contribution in [1.29, 1.82) is 0 Å². The fraction of sp³-hybridized carbons (Fsp3) is 0.750. The number of nitrogens with one attached hydrogen (secondary N) is 1. The first-order chi connectivity index (χ1) is 7.00. The van der Waals surface area contributed by atoms with Crippen LogP contribution < -0.4 is 5.32 Å². The molecule has 1 heterocycles. The van der Waals surface area contributed by atoms with E-state index in [1.165, 1.54) is 12.0 Å². The maximum absolute atomic E-state index is 5.46. The maximum Gasteiger partial charge on any atom is 0.145 e. The number of rotatable bonds is 3. The quantitative estimate of drug-likeness (QED) is 0.829. The van der Waals surface area contributed by atoms with Crippen LogP contribution >= 0.6 is 0 Å². The van der Waals surface area contributed by atoms with Gasteiger partial charge in [0, 0.05) is 23.6 Å². The van der Waals surface area contributed by atoms with E-state index in [0.717, 1.165) is 24.4 Å². The van der Waals surface area contributed by atoms with Crippen LogP contribution in [-0.4, -0.2) is 11.2 Å². The van der Waals surface area contributed by atoms with Crippen LogP contribution in [0.25, 0.3) is 0 Å². The first-order valence-electron chi connectivity index (χ1n) is 5.72. The molecule has 1 N–H and O–H groups in total. The number of fused-ring (bicyclic) bond motifs is 1. The Balaban J connectivity index is 2.16. The molecule has 1 aromatic heterocycles. The summed E-state index contributed by atoms with van der Waals surface area (Å²) in [4.78, 5) is 0. The summed E-state index contributed by atoms with van der Waals surface area (Å²) in [5.41, 5.74) is 2.62. The van der Waals surface area contributed by atoms with Gasteiger partial charge in [-0.1, -0.05) is 32.9 Å². The summed E-state index contributed by atoms with van der Waals surface area (Å²) in [6.07, 6.45) is 2.29. The summed E-state index contributed by atoms with van der Waals surface area (Å²) in [5.74, 6) is 1.10. The van der Waals surface area contributed by atoms with Gasteiger partial charge in [0.25, 0.3) is 0 Å². The molecule has 2 rings (SSSR count). The molecule has 1 aromatic rings. The molecular formula is C12H20N2O. The van der Waals surface area contributed by atoms with Crippen LogP contribution in [0.3, 0.4) is 0 Å². The molecule has 0 radical (unpaired) electrons. The Morgan fingerprint density at radius 3 is 2.87 bits per heavy atom. The van der Waals surface area contributed by atoms with E-state index in [1.807, 2.05) is 0 Å². The van der Waals surface area contributed by atoms with Crippen LogP contribution in [0, 0.1) is 0 Å². The van der Waals surface area contributed by atoms with Crippen molar-refractivity contribution in [3.8, 4) is 0 Å². The Morgan fingerprint density at radius 2 is 2.20 bits per heavy atom. The lowest BCUT2D eigenvalue weighted by molar-refractivity contribution is 0.315. The average Bonchev–Trinajstić information content (AvgIpc) is 2.65. The van der Waals surface area contributed by atoms with Gasteiger partial charge < -0.3 is 9.84 Å². The monoisotopic (exact) mass is 208 g/mol. The van der Waals surface area contributed by atoms with E-state index in [2.05, 4.69) is 38.2 Å². The van der Waals surface area contributed by atoms with Crippen molar-refractivity contribution in [3.63, 3.8) is 0 Å². The zero-order valence-electron chi connectivity index (χ0n) is 10.1. The van der Waals surface area contributed by atoms with E-state index >= 15 is 0 Å². The van der Waals surface area contributed by atoms with Gasteiger partial charge in [0.15, 0.2) is 0 Å². The van der Waals surface area contributed by atoms with Crippen LogP contribution in [-0.2, 0) is 18.4 Å². The largest absolute Gasteiger partial charge is 0.360 e. The van der Waals surface area contributed by atoms with Crippen molar-refractivity contribution < 1.29 is 4.52 Å². The molecule has 3 heteroatoms. The zero-order valence-corrected chi connectivity index (χ0v) is 10.1. The van der Waals surface area contributed by atoms with Crippen LogP contribution in [0.5, 0.6) is 0 Å². The fourth-order valence-electron chi connectivity index (χ4n) is 2.12. The smallest absolute Gasteiger partial charge is 0.145 e. The molecular weight excluding hydrogens is 188 g/mol. The molecule has 0 saturated carbocycles. The first-order valence-corrected chi connectivity index (χ1v) is 5.72. The van der Waals surface area contributed by atoms with E-state index in [4.69, 9.17) is 4.52 Å². The minimum Gasteiger partial charge on any atom is -0.360 e. The molecule has 0 aromatic carbocycles. The van der Waals surface area contributed by atoms with Gasteiger partial charge in [0.05, 0.1) is 0 Å². The van der Waals surface area contributed by atoms with Crippen LogP contribution in [0.2, 0.25) is 0 Å². The summed E-state index contributed by atoms with van der Waals surface area (Å²) in [5, 5.41) is 7.55. The molecule has 0 spiro atoms. The molecule has 15 heavy (non-hydrogen) atoms. The van der Waals surface area contributed by atoms with Gasteiger partial charge in [-0.05, 0) is 12.8 Å².